The van der Waals surface area contributed by atoms with Crippen LogP contribution in [0.3, 0.4) is 0 Å². The third-order valence-electron chi connectivity index (χ3n) is 2.26. The minimum Gasteiger partial charge on any atom is -0.404 e. The van der Waals surface area contributed by atoms with Gasteiger partial charge in [-0.1, -0.05) is 0 Å². The van der Waals surface area contributed by atoms with Crippen molar-refractivity contribution in [3.05, 3.63) is 11.8 Å². The van der Waals surface area contributed by atoms with Crippen LogP contribution in [0, 0.1) is 0 Å². The van der Waals surface area contributed by atoms with Crippen LogP contribution in [-0.2, 0) is 4.79 Å². The van der Waals surface area contributed by atoms with E-state index in [-0.39, 0.29) is 0 Å². The summed E-state index contributed by atoms with van der Waals surface area (Å²) in [6.07, 6.45) is 6.50. The van der Waals surface area contributed by atoms with Gasteiger partial charge < -0.3 is 5.73 Å². The molecule has 0 aromatic carbocycles. The molecule has 1 rings (SSSR count). The fourth-order valence-corrected chi connectivity index (χ4v) is 1.34. The lowest BCUT2D eigenvalue weighted by Gasteiger charge is -2.16. The molecule has 0 aromatic heterocycles. The Morgan fingerprint density at radius 2 is 2.15 bits per heavy atom. The standard InChI is InChI=1S/C10H16N2O/c1-8(6-11)7-12-9-2-4-10(13)5-3-9/h6-7,9H,2-5,11H2,1H3/b8-6-,12-7?. The van der Waals surface area contributed by atoms with Gasteiger partial charge in [0.05, 0.1) is 6.04 Å². The van der Waals surface area contributed by atoms with Crippen LogP contribution < -0.4 is 5.73 Å². The average molecular weight is 180 g/mol. The fourth-order valence-electron chi connectivity index (χ4n) is 1.34. The number of aliphatic imine (C=N–C) groups is 1. The third-order valence-corrected chi connectivity index (χ3v) is 2.26. The van der Waals surface area contributed by atoms with Gasteiger partial charge in [-0.05, 0) is 31.5 Å². The van der Waals surface area contributed by atoms with E-state index in [1.54, 1.807) is 6.21 Å². The Kier molecular flexibility index (Phi) is 3.68. The number of nitrogens with two attached hydrogens (primary N) is 1. The highest BCUT2D eigenvalue weighted by Crippen LogP contribution is 2.17. The van der Waals surface area contributed by atoms with Gasteiger partial charge in [0.1, 0.15) is 5.78 Å². The Balaban J connectivity index is 2.38. The maximum Gasteiger partial charge on any atom is 0.133 e. The van der Waals surface area contributed by atoms with Gasteiger partial charge in [0, 0.05) is 19.1 Å². The zero-order chi connectivity index (χ0) is 9.68. The monoisotopic (exact) mass is 180 g/mol. The van der Waals surface area contributed by atoms with Crippen molar-refractivity contribution in [3.8, 4) is 0 Å². The van der Waals surface area contributed by atoms with Crippen LogP contribution >= 0.6 is 0 Å². The van der Waals surface area contributed by atoms with E-state index in [1.807, 2.05) is 6.92 Å². The van der Waals surface area contributed by atoms with E-state index in [0.29, 0.717) is 24.7 Å². The van der Waals surface area contributed by atoms with Crippen LogP contribution in [0.15, 0.2) is 16.8 Å². The summed E-state index contributed by atoms with van der Waals surface area (Å²) in [5, 5.41) is 0. The lowest BCUT2D eigenvalue weighted by Crippen LogP contribution is -2.16. The smallest absolute Gasteiger partial charge is 0.133 e. The molecule has 1 aliphatic rings. The summed E-state index contributed by atoms with van der Waals surface area (Å²) in [6, 6.07) is 0.326. The predicted octanol–water partition coefficient (Wildman–Crippen LogP) is 1.43. The topological polar surface area (TPSA) is 55.5 Å². The number of rotatable bonds is 2. The van der Waals surface area contributed by atoms with Gasteiger partial charge in [0.25, 0.3) is 0 Å². The number of nitrogens with zero attached hydrogens (tertiary/aromatic N) is 1. The van der Waals surface area contributed by atoms with Gasteiger partial charge in [-0.15, -0.1) is 0 Å². The summed E-state index contributed by atoms with van der Waals surface area (Å²) in [7, 11) is 0. The largest absolute Gasteiger partial charge is 0.404 e. The lowest BCUT2D eigenvalue weighted by molar-refractivity contribution is -0.120. The van der Waals surface area contributed by atoms with E-state index in [4.69, 9.17) is 5.73 Å². The predicted molar refractivity (Wildman–Crippen MR) is 53.7 cm³/mol. The van der Waals surface area contributed by atoms with Crippen molar-refractivity contribution in [2.45, 2.75) is 38.6 Å². The highest BCUT2D eigenvalue weighted by atomic mass is 16.1. The van der Waals surface area contributed by atoms with Gasteiger partial charge >= 0.3 is 0 Å². The first-order valence-electron chi connectivity index (χ1n) is 4.65. The molecule has 0 saturated heterocycles. The van der Waals surface area contributed by atoms with E-state index in [1.165, 1.54) is 6.20 Å². The summed E-state index contributed by atoms with van der Waals surface area (Å²) >= 11 is 0. The molecule has 72 valence electrons. The molecule has 1 aliphatic carbocycles. The minimum atomic E-state index is 0.326. The molecule has 0 atom stereocenters. The van der Waals surface area contributed by atoms with E-state index in [0.717, 1.165) is 18.4 Å². The molecule has 0 unspecified atom stereocenters. The van der Waals surface area contributed by atoms with Crippen LogP contribution in [0.2, 0.25) is 0 Å². The van der Waals surface area contributed by atoms with Gasteiger partial charge in [0.15, 0.2) is 0 Å². The molecule has 3 nitrogen and oxygen atoms in total. The van der Waals surface area contributed by atoms with Gasteiger partial charge in [0.2, 0.25) is 0 Å². The number of allylic oxidation sites excluding steroid dienone is 1. The van der Waals surface area contributed by atoms with Crippen molar-refractivity contribution in [1.29, 1.82) is 0 Å². The van der Waals surface area contributed by atoms with E-state index in [9.17, 15) is 4.79 Å². The zero-order valence-corrected chi connectivity index (χ0v) is 7.99. The number of carbonyl (C=O) groups is 1. The molecular weight excluding hydrogens is 164 g/mol. The summed E-state index contributed by atoms with van der Waals surface area (Å²) in [5.74, 6) is 0.373. The van der Waals surface area contributed by atoms with Crippen molar-refractivity contribution in [2.24, 2.45) is 10.7 Å². The quantitative estimate of drug-likeness (QED) is 0.653. The number of carbonyl (C=O) groups excluding carboxylic acids is 1. The van der Waals surface area contributed by atoms with Gasteiger partial charge in [-0.3, -0.25) is 9.79 Å². The molecule has 0 radical (unpaired) electrons. The van der Waals surface area contributed by atoms with Crippen molar-refractivity contribution in [3.63, 3.8) is 0 Å². The first-order chi connectivity index (χ1) is 6.22. The van der Waals surface area contributed by atoms with Crippen LogP contribution in [-0.4, -0.2) is 18.0 Å². The van der Waals surface area contributed by atoms with Gasteiger partial charge in [-0.2, -0.15) is 0 Å². The molecule has 0 bridgehead atoms. The number of ketones is 1. The van der Waals surface area contributed by atoms with Crippen LogP contribution in [0.5, 0.6) is 0 Å². The molecule has 0 aliphatic heterocycles. The highest BCUT2D eigenvalue weighted by Gasteiger charge is 2.16. The van der Waals surface area contributed by atoms with Crippen molar-refractivity contribution in [1.82, 2.24) is 0 Å². The molecule has 2 N–H and O–H groups in total. The molecule has 1 saturated carbocycles. The molecule has 0 amide bonds. The number of hydrogen-bond acceptors (Lipinski definition) is 3. The molecule has 0 spiro atoms. The molecule has 0 aromatic rings. The van der Waals surface area contributed by atoms with Gasteiger partial charge in [-0.25, -0.2) is 0 Å². The second kappa shape index (κ2) is 4.80. The maximum absolute atomic E-state index is 10.9. The lowest BCUT2D eigenvalue weighted by atomic mass is 9.95. The summed E-state index contributed by atoms with van der Waals surface area (Å²) < 4.78 is 0. The molecule has 0 heterocycles. The first kappa shape index (κ1) is 9.96. The second-order valence-corrected chi connectivity index (χ2v) is 3.46. The Labute approximate surface area is 78.7 Å². The third kappa shape index (κ3) is 3.40. The van der Waals surface area contributed by atoms with Crippen molar-refractivity contribution in [2.75, 3.05) is 0 Å². The first-order valence-corrected chi connectivity index (χ1v) is 4.65. The molecule has 1 fully saturated rings. The Morgan fingerprint density at radius 3 is 2.69 bits per heavy atom. The Bertz CT molecular complexity index is 233. The normalized spacial score (nSPS) is 21.3. The Hall–Kier alpha value is -1.12. The summed E-state index contributed by atoms with van der Waals surface area (Å²) in [6.45, 7) is 1.91. The van der Waals surface area contributed by atoms with E-state index >= 15 is 0 Å². The molecular formula is C10H16N2O. The number of Topliss-reactive ketones (excluding diaryl/α,β-unsaturated/α-hetero) is 1. The minimum absolute atomic E-state index is 0.326. The molecule has 3 heteroatoms. The SMILES string of the molecule is C/C(C=NC1CCC(=O)CC1)=C/N. The zero-order valence-electron chi connectivity index (χ0n) is 7.99. The van der Waals surface area contributed by atoms with Crippen LogP contribution in [0.1, 0.15) is 32.6 Å². The summed E-state index contributed by atoms with van der Waals surface area (Å²) in [5.41, 5.74) is 6.27. The van der Waals surface area contributed by atoms with Crippen molar-refractivity contribution < 1.29 is 4.79 Å². The Morgan fingerprint density at radius 1 is 1.54 bits per heavy atom. The number of hydrogen-bond donors (Lipinski definition) is 1. The fraction of sp³-hybridized carbons (Fsp3) is 0.600. The van der Waals surface area contributed by atoms with Crippen molar-refractivity contribution >= 4 is 12.0 Å². The van der Waals surface area contributed by atoms with E-state index < -0.39 is 0 Å². The second-order valence-electron chi connectivity index (χ2n) is 3.46. The molecule has 13 heavy (non-hydrogen) atoms. The van der Waals surface area contributed by atoms with E-state index in [2.05, 4.69) is 4.99 Å². The maximum atomic E-state index is 10.9. The highest BCUT2D eigenvalue weighted by molar-refractivity contribution is 5.80. The van der Waals surface area contributed by atoms with Crippen LogP contribution in [0.25, 0.3) is 0 Å². The van der Waals surface area contributed by atoms with Crippen LogP contribution in [0.4, 0.5) is 0 Å². The average Bonchev–Trinajstić information content (AvgIpc) is 2.16. The summed E-state index contributed by atoms with van der Waals surface area (Å²) in [4.78, 5) is 15.3.